The number of aliphatic hydroxyl groups is 1. The highest BCUT2D eigenvalue weighted by atomic mass is 35.5. The Morgan fingerprint density at radius 3 is 2.38 bits per heavy atom. The van der Waals surface area contributed by atoms with Crippen LogP contribution in [0.25, 0.3) is 0 Å². The SMILES string of the molecule is CN(C)CCN(C)[C@H]1CC[C@H]2[C@@H]3CC=C4C[C@@H](O)CC[C@]4(C)[C@H]3CC[C@]12C.Cl.Cl. The van der Waals surface area contributed by atoms with Crippen LogP contribution in [0.15, 0.2) is 11.6 Å². The van der Waals surface area contributed by atoms with Gasteiger partial charge in [0.15, 0.2) is 0 Å². The summed E-state index contributed by atoms with van der Waals surface area (Å²) >= 11 is 0. The van der Waals surface area contributed by atoms with Crippen molar-refractivity contribution >= 4 is 24.8 Å². The average molecular weight is 448 g/mol. The van der Waals surface area contributed by atoms with Gasteiger partial charge < -0.3 is 14.9 Å². The Hall–Kier alpha value is 0.200. The van der Waals surface area contributed by atoms with Crippen molar-refractivity contribution in [2.24, 2.45) is 28.6 Å². The van der Waals surface area contributed by atoms with E-state index in [0.717, 1.165) is 43.2 Å². The smallest absolute Gasteiger partial charge is 0.0577 e. The molecule has 0 aromatic carbocycles. The molecule has 29 heavy (non-hydrogen) atoms. The predicted molar refractivity (Wildman–Crippen MR) is 127 cm³/mol. The molecule has 3 saturated carbocycles. The van der Waals surface area contributed by atoms with Crippen LogP contribution in [0.2, 0.25) is 0 Å². The minimum Gasteiger partial charge on any atom is -0.393 e. The van der Waals surface area contributed by atoms with Gasteiger partial charge in [-0.1, -0.05) is 25.5 Å². The Labute approximate surface area is 191 Å². The number of nitrogens with zero attached hydrogens (tertiary/aromatic N) is 2. The van der Waals surface area contributed by atoms with Gasteiger partial charge in [-0.3, -0.25) is 0 Å². The summed E-state index contributed by atoms with van der Waals surface area (Å²) in [7, 11) is 6.74. The third-order valence-corrected chi connectivity index (χ3v) is 9.46. The lowest BCUT2D eigenvalue weighted by Gasteiger charge is -2.58. The molecule has 0 aromatic heterocycles. The van der Waals surface area contributed by atoms with E-state index in [1.807, 2.05) is 0 Å². The van der Waals surface area contributed by atoms with Crippen molar-refractivity contribution in [1.29, 1.82) is 0 Å². The first-order valence-electron chi connectivity index (χ1n) is 11.5. The molecule has 4 aliphatic rings. The zero-order valence-corrected chi connectivity index (χ0v) is 20.8. The molecule has 0 aromatic rings. The molecule has 0 amide bonds. The van der Waals surface area contributed by atoms with Gasteiger partial charge in [-0.2, -0.15) is 0 Å². The third-order valence-electron chi connectivity index (χ3n) is 9.46. The molecule has 170 valence electrons. The number of aliphatic hydroxyl groups excluding tert-OH is 1. The van der Waals surface area contributed by atoms with Crippen molar-refractivity contribution in [1.82, 2.24) is 9.80 Å². The second-order valence-corrected chi connectivity index (χ2v) is 11.1. The average Bonchev–Trinajstić information content (AvgIpc) is 2.97. The monoisotopic (exact) mass is 446 g/mol. The summed E-state index contributed by atoms with van der Waals surface area (Å²) in [6.45, 7) is 7.52. The molecular weight excluding hydrogens is 403 g/mol. The van der Waals surface area contributed by atoms with Crippen LogP contribution in [0.4, 0.5) is 0 Å². The van der Waals surface area contributed by atoms with Gasteiger partial charge in [-0.15, -0.1) is 24.8 Å². The van der Waals surface area contributed by atoms with Crippen LogP contribution in [0, 0.1) is 28.6 Å². The normalized spacial score (nSPS) is 43.6. The van der Waals surface area contributed by atoms with Crippen LogP contribution in [-0.4, -0.2) is 61.3 Å². The molecule has 0 bridgehead atoms. The molecule has 1 N–H and O–H groups in total. The second kappa shape index (κ2) is 9.36. The molecular formula is C24H44Cl2N2O. The van der Waals surface area contributed by atoms with E-state index in [1.165, 1.54) is 45.1 Å². The molecule has 0 saturated heterocycles. The summed E-state index contributed by atoms with van der Waals surface area (Å²) in [4.78, 5) is 5.00. The molecule has 0 aliphatic heterocycles. The first-order chi connectivity index (χ1) is 12.8. The summed E-state index contributed by atoms with van der Waals surface area (Å²) < 4.78 is 0. The van der Waals surface area contributed by atoms with Crippen molar-refractivity contribution in [3.05, 3.63) is 11.6 Å². The van der Waals surface area contributed by atoms with E-state index in [1.54, 1.807) is 5.57 Å². The van der Waals surface area contributed by atoms with Gasteiger partial charge in [-0.05, 0) is 101 Å². The van der Waals surface area contributed by atoms with Crippen molar-refractivity contribution in [2.75, 3.05) is 34.2 Å². The molecule has 0 spiro atoms. The maximum Gasteiger partial charge on any atom is 0.0577 e. The molecule has 5 heteroatoms. The summed E-state index contributed by atoms with van der Waals surface area (Å²) in [6.07, 6.45) is 12.5. The van der Waals surface area contributed by atoms with Crippen molar-refractivity contribution in [2.45, 2.75) is 77.4 Å². The van der Waals surface area contributed by atoms with Gasteiger partial charge in [0.2, 0.25) is 0 Å². The minimum atomic E-state index is -0.0871. The number of halogens is 2. The van der Waals surface area contributed by atoms with E-state index in [2.05, 4.69) is 50.9 Å². The standard InChI is InChI=1S/C24H42N2O.2ClH/c1-23-12-10-18(27)16-17(23)6-7-19-20-8-9-22(26(5)15-14-25(3)4)24(20,2)13-11-21(19)23;;/h6,18-22,27H,7-16H2,1-5H3;2*1H/t18-,19-,20-,21-,22-,23-,24-;;/m0../s1. The van der Waals surface area contributed by atoms with E-state index in [0.29, 0.717) is 10.8 Å². The summed E-state index contributed by atoms with van der Waals surface area (Å²) in [5.74, 6) is 2.62. The molecule has 0 heterocycles. The Morgan fingerprint density at radius 2 is 1.69 bits per heavy atom. The summed E-state index contributed by atoms with van der Waals surface area (Å²) in [5, 5.41) is 10.2. The molecule has 0 unspecified atom stereocenters. The number of rotatable bonds is 4. The lowest BCUT2D eigenvalue weighted by Crippen LogP contribution is -2.53. The van der Waals surface area contributed by atoms with Crippen LogP contribution in [0.1, 0.15) is 65.2 Å². The maximum absolute atomic E-state index is 10.2. The lowest BCUT2D eigenvalue weighted by atomic mass is 9.48. The number of hydrogen-bond acceptors (Lipinski definition) is 3. The second-order valence-electron chi connectivity index (χ2n) is 11.1. The van der Waals surface area contributed by atoms with E-state index in [9.17, 15) is 5.11 Å². The van der Waals surface area contributed by atoms with Crippen LogP contribution in [0.3, 0.4) is 0 Å². The van der Waals surface area contributed by atoms with Gasteiger partial charge in [0.25, 0.3) is 0 Å². The van der Waals surface area contributed by atoms with E-state index in [4.69, 9.17) is 0 Å². The number of likely N-dealkylation sites (N-methyl/N-ethyl adjacent to an activating group) is 2. The van der Waals surface area contributed by atoms with E-state index in [-0.39, 0.29) is 30.9 Å². The number of hydrogen-bond donors (Lipinski definition) is 1. The number of fused-ring (bicyclic) bond motifs is 5. The van der Waals surface area contributed by atoms with Crippen molar-refractivity contribution in [3.63, 3.8) is 0 Å². The summed E-state index contributed by atoms with van der Waals surface area (Å²) in [6, 6.07) is 0.759. The highest BCUT2D eigenvalue weighted by molar-refractivity contribution is 5.85. The Bertz CT molecular complexity index is 597. The van der Waals surface area contributed by atoms with Crippen LogP contribution >= 0.6 is 24.8 Å². The fourth-order valence-electron chi connectivity index (χ4n) is 7.85. The van der Waals surface area contributed by atoms with Crippen molar-refractivity contribution < 1.29 is 5.11 Å². The maximum atomic E-state index is 10.2. The van der Waals surface area contributed by atoms with Gasteiger partial charge in [0.1, 0.15) is 0 Å². The zero-order valence-electron chi connectivity index (χ0n) is 19.2. The van der Waals surface area contributed by atoms with Gasteiger partial charge >= 0.3 is 0 Å². The predicted octanol–water partition coefficient (Wildman–Crippen LogP) is 5.02. The fraction of sp³-hybridized carbons (Fsp3) is 0.917. The highest BCUT2D eigenvalue weighted by Crippen LogP contribution is 2.65. The van der Waals surface area contributed by atoms with Crippen molar-refractivity contribution in [3.8, 4) is 0 Å². The van der Waals surface area contributed by atoms with Gasteiger partial charge in [-0.25, -0.2) is 0 Å². The summed E-state index contributed by atoms with van der Waals surface area (Å²) in [5.41, 5.74) is 2.47. The van der Waals surface area contributed by atoms with Crippen LogP contribution in [-0.2, 0) is 0 Å². The highest BCUT2D eigenvalue weighted by Gasteiger charge is 2.59. The molecule has 3 fully saturated rings. The topological polar surface area (TPSA) is 26.7 Å². The molecule has 3 nitrogen and oxygen atoms in total. The minimum absolute atomic E-state index is 0. The number of allylic oxidation sites excluding steroid dienone is 1. The molecule has 4 aliphatic carbocycles. The van der Waals surface area contributed by atoms with Crippen LogP contribution in [0.5, 0.6) is 0 Å². The molecule has 4 rings (SSSR count). The molecule has 7 atom stereocenters. The largest absolute Gasteiger partial charge is 0.393 e. The van der Waals surface area contributed by atoms with Crippen LogP contribution < -0.4 is 0 Å². The van der Waals surface area contributed by atoms with E-state index >= 15 is 0 Å². The first kappa shape index (κ1) is 25.5. The van der Waals surface area contributed by atoms with Gasteiger partial charge in [0, 0.05) is 19.1 Å². The fourth-order valence-corrected chi connectivity index (χ4v) is 7.85. The first-order valence-corrected chi connectivity index (χ1v) is 11.5. The Morgan fingerprint density at radius 1 is 0.966 bits per heavy atom. The Kier molecular flexibility index (Phi) is 8.22. The van der Waals surface area contributed by atoms with E-state index < -0.39 is 0 Å². The zero-order chi connectivity index (χ0) is 19.4. The quantitative estimate of drug-likeness (QED) is 0.614. The molecule has 0 radical (unpaired) electrons. The lowest BCUT2D eigenvalue weighted by molar-refractivity contribution is -0.0566. The van der Waals surface area contributed by atoms with Gasteiger partial charge in [0.05, 0.1) is 6.10 Å². The third kappa shape index (κ3) is 4.29. The Balaban J connectivity index is 0.00000150.